The second-order valence-corrected chi connectivity index (χ2v) is 2.14. The van der Waals surface area contributed by atoms with E-state index in [0.717, 1.165) is 12.5 Å². The van der Waals surface area contributed by atoms with Gasteiger partial charge >= 0.3 is 0 Å². The monoisotopic (exact) mass is 146 g/mol. The number of ether oxygens (including phenoxy) is 1. The van der Waals surface area contributed by atoms with Crippen molar-refractivity contribution in [3.63, 3.8) is 0 Å². The van der Waals surface area contributed by atoms with Crippen molar-refractivity contribution in [2.24, 2.45) is 5.92 Å². The highest BCUT2D eigenvalue weighted by Gasteiger charge is 1.99. The zero-order valence-corrected chi connectivity index (χ0v) is 8.11. The molecule has 0 aliphatic heterocycles. The van der Waals surface area contributed by atoms with Crippen molar-refractivity contribution in [2.45, 2.75) is 40.5 Å². The zero-order chi connectivity index (χ0) is 8.41. The lowest BCUT2D eigenvalue weighted by atomic mass is 10.1. The number of rotatable bonds is 4. The molecule has 0 saturated carbocycles. The van der Waals surface area contributed by atoms with Crippen molar-refractivity contribution >= 4 is 0 Å². The molecule has 0 N–H and O–H groups in total. The maximum atomic E-state index is 4.99. The Labute approximate surface area is 65.8 Å². The molecule has 1 nitrogen and oxygen atoms in total. The lowest BCUT2D eigenvalue weighted by Crippen LogP contribution is -2.04. The van der Waals surface area contributed by atoms with E-state index in [2.05, 4.69) is 13.8 Å². The van der Waals surface area contributed by atoms with Gasteiger partial charge in [-0.1, -0.05) is 40.5 Å². The molecule has 10 heavy (non-hydrogen) atoms. The molecular weight excluding hydrogens is 124 g/mol. The van der Waals surface area contributed by atoms with E-state index in [1.54, 1.807) is 7.11 Å². The maximum Gasteiger partial charge on any atom is 0.0490 e. The molecule has 0 bridgehead atoms. The van der Waals surface area contributed by atoms with Gasteiger partial charge in [-0.15, -0.1) is 0 Å². The van der Waals surface area contributed by atoms with Crippen LogP contribution in [0.15, 0.2) is 0 Å². The molecule has 0 aromatic heterocycles. The van der Waals surface area contributed by atoms with Crippen LogP contribution in [0, 0.1) is 5.92 Å². The van der Waals surface area contributed by atoms with Crippen LogP contribution in [0.2, 0.25) is 0 Å². The molecule has 0 fully saturated rings. The predicted molar refractivity (Wildman–Crippen MR) is 47.3 cm³/mol. The highest BCUT2D eigenvalue weighted by molar-refractivity contribution is 4.50. The fourth-order valence-electron chi connectivity index (χ4n) is 0.760. The van der Waals surface area contributed by atoms with E-state index in [1.165, 1.54) is 12.8 Å². The van der Waals surface area contributed by atoms with E-state index in [-0.39, 0.29) is 0 Å². The first-order chi connectivity index (χ1) is 4.85. The minimum atomic E-state index is 0.778. The van der Waals surface area contributed by atoms with Crippen molar-refractivity contribution in [2.75, 3.05) is 13.7 Å². The van der Waals surface area contributed by atoms with Crippen LogP contribution in [0.5, 0.6) is 0 Å². The highest BCUT2D eigenvalue weighted by atomic mass is 16.5. The second kappa shape index (κ2) is 11.7. The molecule has 0 heterocycles. The first-order valence-electron chi connectivity index (χ1n) is 4.34. The van der Waals surface area contributed by atoms with Gasteiger partial charge in [-0.25, -0.2) is 0 Å². The first-order valence-corrected chi connectivity index (χ1v) is 4.34. The molecule has 0 spiro atoms. The van der Waals surface area contributed by atoms with Crippen LogP contribution in [0.4, 0.5) is 0 Å². The van der Waals surface area contributed by atoms with E-state index < -0.39 is 0 Å². The molecule has 0 aliphatic carbocycles. The number of hydrogen-bond donors (Lipinski definition) is 0. The summed E-state index contributed by atoms with van der Waals surface area (Å²) >= 11 is 0. The Morgan fingerprint density at radius 3 is 1.60 bits per heavy atom. The fourth-order valence-corrected chi connectivity index (χ4v) is 0.760. The SMILES string of the molecule is CC.CCC(CC)COC. The van der Waals surface area contributed by atoms with Crippen molar-refractivity contribution in [1.82, 2.24) is 0 Å². The summed E-state index contributed by atoms with van der Waals surface area (Å²) in [5.41, 5.74) is 0. The Morgan fingerprint density at radius 2 is 1.50 bits per heavy atom. The van der Waals surface area contributed by atoms with E-state index in [4.69, 9.17) is 4.74 Å². The Bertz CT molecular complexity index is 40.0. The summed E-state index contributed by atoms with van der Waals surface area (Å²) in [5, 5.41) is 0. The van der Waals surface area contributed by atoms with Gasteiger partial charge in [-0.3, -0.25) is 0 Å². The van der Waals surface area contributed by atoms with Crippen molar-refractivity contribution < 1.29 is 4.74 Å². The molecule has 0 unspecified atom stereocenters. The Kier molecular flexibility index (Phi) is 14.8. The third-order valence-electron chi connectivity index (χ3n) is 1.56. The summed E-state index contributed by atoms with van der Waals surface area (Å²) < 4.78 is 4.99. The van der Waals surface area contributed by atoms with Crippen molar-refractivity contribution in [3.05, 3.63) is 0 Å². The van der Waals surface area contributed by atoms with Crippen LogP contribution >= 0.6 is 0 Å². The van der Waals surface area contributed by atoms with Gasteiger partial charge in [-0.2, -0.15) is 0 Å². The first kappa shape index (κ1) is 12.6. The fraction of sp³-hybridized carbons (Fsp3) is 1.00. The molecule has 0 aromatic rings. The highest BCUT2D eigenvalue weighted by Crippen LogP contribution is 2.05. The predicted octanol–water partition coefficient (Wildman–Crippen LogP) is 3.10. The summed E-state index contributed by atoms with van der Waals surface area (Å²) in [7, 11) is 1.76. The topological polar surface area (TPSA) is 9.23 Å². The Morgan fingerprint density at radius 1 is 1.10 bits per heavy atom. The van der Waals surface area contributed by atoms with Crippen LogP contribution in [0.1, 0.15) is 40.5 Å². The Balaban J connectivity index is 0. The third kappa shape index (κ3) is 7.96. The summed E-state index contributed by atoms with van der Waals surface area (Å²) in [4.78, 5) is 0. The standard InChI is InChI=1S/C7H16O.C2H6/c1-4-7(5-2)6-8-3;1-2/h7H,4-6H2,1-3H3;1-2H3. The molecule has 0 aliphatic rings. The lowest BCUT2D eigenvalue weighted by molar-refractivity contribution is 0.148. The van der Waals surface area contributed by atoms with Crippen molar-refractivity contribution in [1.29, 1.82) is 0 Å². The van der Waals surface area contributed by atoms with E-state index >= 15 is 0 Å². The van der Waals surface area contributed by atoms with Crippen LogP contribution in [0.25, 0.3) is 0 Å². The van der Waals surface area contributed by atoms with Gasteiger partial charge in [0.05, 0.1) is 0 Å². The third-order valence-corrected chi connectivity index (χ3v) is 1.56. The van der Waals surface area contributed by atoms with Crippen molar-refractivity contribution in [3.8, 4) is 0 Å². The minimum absolute atomic E-state index is 0.778. The van der Waals surface area contributed by atoms with Crippen LogP contribution in [-0.4, -0.2) is 13.7 Å². The average molecular weight is 146 g/mol. The largest absolute Gasteiger partial charge is 0.384 e. The van der Waals surface area contributed by atoms with E-state index in [9.17, 15) is 0 Å². The van der Waals surface area contributed by atoms with Gasteiger partial charge in [0.25, 0.3) is 0 Å². The normalized spacial score (nSPS) is 9.00. The van der Waals surface area contributed by atoms with Crippen LogP contribution in [-0.2, 0) is 4.74 Å². The van der Waals surface area contributed by atoms with Crippen LogP contribution in [0.3, 0.4) is 0 Å². The minimum Gasteiger partial charge on any atom is -0.384 e. The van der Waals surface area contributed by atoms with Gasteiger partial charge in [-0.05, 0) is 5.92 Å². The molecular formula is C9H22O. The van der Waals surface area contributed by atoms with Gasteiger partial charge in [0.2, 0.25) is 0 Å². The molecule has 64 valence electrons. The number of methoxy groups -OCH3 is 1. The van der Waals surface area contributed by atoms with E-state index in [1.807, 2.05) is 13.8 Å². The Hall–Kier alpha value is -0.0400. The summed E-state index contributed by atoms with van der Waals surface area (Å²) in [6.45, 7) is 9.33. The lowest BCUT2D eigenvalue weighted by Gasteiger charge is -2.08. The van der Waals surface area contributed by atoms with Gasteiger partial charge < -0.3 is 4.74 Å². The number of hydrogen-bond acceptors (Lipinski definition) is 1. The van der Waals surface area contributed by atoms with Gasteiger partial charge in [0.15, 0.2) is 0 Å². The smallest absolute Gasteiger partial charge is 0.0490 e. The summed E-state index contributed by atoms with van der Waals surface area (Å²) in [5.74, 6) is 0.778. The molecule has 0 amide bonds. The van der Waals surface area contributed by atoms with E-state index in [0.29, 0.717) is 0 Å². The van der Waals surface area contributed by atoms with Crippen LogP contribution < -0.4 is 0 Å². The molecule has 0 aromatic carbocycles. The van der Waals surface area contributed by atoms with Gasteiger partial charge in [0, 0.05) is 13.7 Å². The molecule has 0 rings (SSSR count). The quantitative estimate of drug-likeness (QED) is 0.592. The second-order valence-electron chi connectivity index (χ2n) is 2.14. The average Bonchev–Trinajstić information content (AvgIpc) is 2.04. The van der Waals surface area contributed by atoms with Gasteiger partial charge in [0.1, 0.15) is 0 Å². The zero-order valence-electron chi connectivity index (χ0n) is 8.11. The molecule has 0 radical (unpaired) electrons. The summed E-state index contributed by atoms with van der Waals surface area (Å²) in [6, 6.07) is 0. The molecule has 0 saturated heterocycles. The maximum absolute atomic E-state index is 4.99. The summed E-state index contributed by atoms with van der Waals surface area (Å²) in [6.07, 6.45) is 2.48. The molecule has 1 heteroatoms. The molecule has 0 atom stereocenters.